The van der Waals surface area contributed by atoms with Crippen molar-refractivity contribution in [2.75, 3.05) is 6.61 Å². The van der Waals surface area contributed by atoms with Gasteiger partial charge in [0.2, 0.25) is 0 Å². The molecular weight excluding hydrogens is 546 g/mol. The van der Waals surface area contributed by atoms with Gasteiger partial charge >= 0.3 is 11.9 Å². The van der Waals surface area contributed by atoms with Gasteiger partial charge in [-0.05, 0) is 83.6 Å². The number of epoxide rings is 1. The van der Waals surface area contributed by atoms with Crippen LogP contribution in [0.4, 0.5) is 0 Å². The van der Waals surface area contributed by atoms with Gasteiger partial charge in [-0.1, -0.05) is 10.7 Å². The van der Waals surface area contributed by atoms with Gasteiger partial charge in [0.25, 0.3) is 0 Å². The van der Waals surface area contributed by atoms with E-state index in [4.69, 9.17) is 19.7 Å². The highest BCUT2D eigenvalue weighted by Crippen LogP contribution is 2.75. The molecule has 12 nitrogen and oxygen atoms in total. The summed E-state index contributed by atoms with van der Waals surface area (Å²) < 4.78 is 17.5. The van der Waals surface area contributed by atoms with E-state index in [0.29, 0.717) is 24.8 Å². The van der Waals surface area contributed by atoms with Crippen molar-refractivity contribution in [1.29, 1.82) is 0 Å². The number of carbonyl (C=O) groups is 3. The molecule has 1 unspecified atom stereocenters. The molecule has 6 rings (SSSR count). The van der Waals surface area contributed by atoms with Crippen molar-refractivity contribution >= 4 is 17.7 Å². The van der Waals surface area contributed by atoms with E-state index in [1.54, 1.807) is 13.8 Å². The largest absolute Gasteiger partial charge is 0.465 e. The number of azide groups is 1. The summed E-state index contributed by atoms with van der Waals surface area (Å²) in [7, 11) is 0. The Balaban J connectivity index is 1.42. The second-order valence-corrected chi connectivity index (χ2v) is 14.2. The second kappa shape index (κ2) is 9.01. The van der Waals surface area contributed by atoms with E-state index in [9.17, 15) is 29.7 Å². The molecule has 0 amide bonds. The fourth-order valence-corrected chi connectivity index (χ4v) is 10.2. The van der Waals surface area contributed by atoms with Crippen molar-refractivity contribution < 1.29 is 43.9 Å². The molecule has 0 aromatic heterocycles. The Labute approximate surface area is 244 Å². The van der Waals surface area contributed by atoms with Crippen molar-refractivity contribution in [2.24, 2.45) is 27.8 Å². The number of Topliss-reactive ketones (excluding diaryl/α,β-unsaturated/α-hetero) is 1. The Morgan fingerprint density at radius 1 is 1.19 bits per heavy atom. The highest BCUT2D eigenvalue weighted by molar-refractivity contribution is 5.90. The Hall–Kier alpha value is -2.50. The minimum atomic E-state index is -2.01. The van der Waals surface area contributed by atoms with E-state index in [1.807, 2.05) is 6.92 Å². The minimum Gasteiger partial charge on any atom is -0.465 e. The third-order valence-corrected chi connectivity index (χ3v) is 12.8. The predicted octanol–water partition coefficient (Wildman–Crippen LogP) is 2.81. The van der Waals surface area contributed by atoms with Crippen molar-refractivity contribution in [2.45, 2.75) is 127 Å². The molecule has 0 bridgehead atoms. The van der Waals surface area contributed by atoms with E-state index in [0.717, 1.165) is 5.57 Å². The minimum absolute atomic E-state index is 0.0307. The lowest BCUT2D eigenvalue weighted by Gasteiger charge is -2.64. The van der Waals surface area contributed by atoms with Crippen LogP contribution < -0.4 is 0 Å². The molecule has 4 saturated carbocycles. The van der Waals surface area contributed by atoms with Crippen molar-refractivity contribution in [3.63, 3.8) is 0 Å². The van der Waals surface area contributed by atoms with E-state index < -0.39 is 63.2 Å². The third-order valence-electron chi connectivity index (χ3n) is 12.8. The number of esters is 2. The smallest absolute Gasteiger partial charge is 0.334 e. The summed E-state index contributed by atoms with van der Waals surface area (Å²) in [5.74, 6) is -2.04. The molecule has 1 spiro atoms. The third kappa shape index (κ3) is 3.38. The molecule has 42 heavy (non-hydrogen) atoms. The summed E-state index contributed by atoms with van der Waals surface area (Å²) in [6.45, 7) is 7.68. The molecule has 4 aliphatic carbocycles. The number of carbonyl (C=O) groups excluding carboxylic acids is 3. The van der Waals surface area contributed by atoms with Crippen LogP contribution in [0.5, 0.6) is 0 Å². The van der Waals surface area contributed by atoms with Gasteiger partial charge in [-0.3, -0.25) is 9.59 Å². The van der Waals surface area contributed by atoms with Crippen LogP contribution in [-0.4, -0.2) is 80.3 Å². The van der Waals surface area contributed by atoms with Crippen molar-refractivity contribution in [3.8, 4) is 0 Å². The molecule has 2 aliphatic heterocycles. The van der Waals surface area contributed by atoms with Crippen LogP contribution >= 0.6 is 0 Å². The van der Waals surface area contributed by atoms with Crippen LogP contribution in [0.2, 0.25) is 0 Å². The fraction of sp³-hybridized carbons (Fsp3) is 0.833. The molecule has 0 aromatic rings. The van der Waals surface area contributed by atoms with Gasteiger partial charge in [0.1, 0.15) is 35.3 Å². The van der Waals surface area contributed by atoms with Crippen molar-refractivity contribution in [3.05, 3.63) is 21.6 Å². The predicted molar refractivity (Wildman–Crippen MR) is 145 cm³/mol. The van der Waals surface area contributed by atoms with Crippen LogP contribution in [0.25, 0.3) is 10.4 Å². The van der Waals surface area contributed by atoms with Gasteiger partial charge in [0, 0.05) is 36.3 Å². The molecule has 3 N–H and O–H groups in total. The number of rotatable bonds is 5. The molecule has 11 atom stereocenters. The lowest BCUT2D eigenvalue weighted by atomic mass is 9.41. The average molecular weight is 588 g/mol. The number of ketones is 1. The zero-order chi connectivity index (χ0) is 30.7. The number of cyclic esters (lactones) is 1. The summed E-state index contributed by atoms with van der Waals surface area (Å²) in [4.78, 5) is 41.6. The molecule has 0 aromatic carbocycles. The molecule has 12 heteroatoms. The first-order chi connectivity index (χ1) is 19.5. The van der Waals surface area contributed by atoms with E-state index in [2.05, 4.69) is 10.0 Å². The summed E-state index contributed by atoms with van der Waals surface area (Å²) in [5.41, 5.74) is 1.35. The summed E-state index contributed by atoms with van der Waals surface area (Å²) in [5, 5.41) is 41.6. The molecule has 5 fully saturated rings. The lowest BCUT2D eigenvalue weighted by Crippen LogP contribution is -2.75. The number of nitrogens with zero attached hydrogens (tertiary/aromatic N) is 3. The Bertz CT molecular complexity index is 1340. The molecular formula is C30H41N3O9. The summed E-state index contributed by atoms with van der Waals surface area (Å²) >= 11 is 0. The number of hydrogen-bond acceptors (Lipinski definition) is 10. The van der Waals surface area contributed by atoms with Gasteiger partial charge in [-0.2, -0.15) is 0 Å². The van der Waals surface area contributed by atoms with E-state index >= 15 is 0 Å². The number of hydrogen-bond donors (Lipinski definition) is 3. The molecule has 2 heterocycles. The normalized spacial score (nSPS) is 48.9. The van der Waals surface area contributed by atoms with Crippen LogP contribution in [-0.2, 0) is 28.6 Å². The number of fused-ring (bicyclic) bond motifs is 4. The second-order valence-electron chi connectivity index (χ2n) is 14.2. The van der Waals surface area contributed by atoms with Gasteiger partial charge in [-0.15, -0.1) is 0 Å². The molecule has 230 valence electrons. The Kier molecular flexibility index (Phi) is 6.35. The topological polar surface area (TPSA) is 192 Å². The monoisotopic (exact) mass is 587 g/mol. The van der Waals surface area contributed by atoms with Gasteiger partial charge in [-0.25, -0.2) is 4.79 Å². The zero-order valence-corrected chi connectivity index (χ0v) is 24.9. The Morgan fingerprint density at radius 2 is 1.90 bits per heavy atom. The molecule has 0 radical (unpaired) electrons. The SMILES string of the molecule is CC(=O)OC[C@]12CC[C@H]3[C@@H](C[C@H]4O[C@]45CC(N=[N+]=[N-])CC(=O)[C@]35C)[C@]1(O)CC[C@@]2(O)[C@@](C)(O)[C@H]1CC(C)=C(C)C(=O)O1. The molecule has 1 saturated heterocycles. The number of ether oxygens (including phenoxy) is 3. The molecule has 6 aliphatic rings. The van der Waals surface area contributed by atoms with Gasteiger partial charge in [0.05, 0.1) is 22.5 Å². The van der Waals surface area contributed by atoms with Crippen LogP contribution in [0.3, 0.4) is 0 Å². The van der Waals surface area contributed by atoms with Crippen LogP contribution in [0.15, 0.2) is 16.3 Å². The summed E-state index contributed by atoms with van der Waals surface area (Å²) in [6, 6.07) is -0.488. The van der Waals surface area contributed by atoms with Crippen LogP contribution in [0.1, 0.15) is 86.0 Å². The fourth-order valence-electron chi connectivity index (χ4n) is 10.2. The first-order valence-corrected chi connectivity index (χ1v) is 15.0. The maximum Gasteiger partial charge on any atom is 0.334 e. The highest BCUT2D eigenvalue weighted by Gasteiger charge is 2.84. The average Bonchev–Trinajstić information content (AvgIpc) is 3.56. The zero-order valence-electron chi connectivity index (χ0n) is 24.9. The quantitative estimate of drug-likeness (QED) is 0.143. The van der Waals surface area contributed by atoms with Crippen LogP contribution in [0, 0.1) is 22.7 Å². The van der Waals surface area contributed by atoms with E-state index in [1.165, 1.54) is 13.8 Å². The van der Waals surface area contributed by atoms with Gasteiger partial charge < -0.3 is 29.5 Å². The lowest BCUT2D eigenvalue weighted by molar-refractivity contribution is -0.297. The van der Waals surface area contributed by atoms with Crippen molar-refractivity contribution in [1.82, 2.24) is 0 Å². The maximum atomic E-state index is 13.8. The summed E-state index contributed by atoms with van der Waals surface area (Å²) in [6.07, 6.45) is 0.322. The maximum absolute atomic E-state index is 13.8. The van der Waals surface area contributed by atoms with E-state index in [-0.39, 0.29) is 56.5 Å². The first kappa shape index (κ1) is 29.6. The van der Waals surface area contributed by atoms with Gasteiger partial charge in [0.15, 0.2) is 0 Å². The first-order valence-electron chi connectivity index (χ1n) is 15.0. The standard InChI is InChI=1S/C30H41N3O9/c1-15-10-22(41-24(36)16(15)2)26(5,37)30(39)9-8-28(38)20-12-23-29(42-23)13-18(32-33-31)11-21(35)25(29,4)19(20)6-7-27(28,30)14-40-17(3)34/h18-20,22-23,37-39H,6-14H2,1-5H3/t18?,19-,20+,22+,23+,25-,26-,27+,28+,29+,30+/m0/s1. The Morgan fingerprint density at radius 3 is 2.55 bits per heavy atom. The number of aliphatic hydroxyl groups is 3. The highest BCUT2D eigenvalue weighted by atomic mass is 16.6.